The summed E-state index contributed by atoms with van der Waals surface area (Å²) >= 11 is 1.66. The van der Waals surface area contributed by atoms with E-state index in [1.165, 1.54) is 0 Å². The van der Waals surface area contributed by atoms with Gasteiger partial charge in [-0.15, -0.1) is 17.9 Å². The molecule has 7 nitrogen and oxygen atoms in total. The maximum Gasteiger partial charge on any atom is 0.192 e. The van der Waals surface area contributed by atoms with Gasteiger partial charge in [0.05, 0.1) is 40.7 Å². The second kappa shape index (κ2) is 19.0. The number of aliphatic hydroxyl groups excluding tert-OH is 1. The van der Waals surface area contributed by atoms with Gasteiger partial charge in [-0.2, -0.15) is 0 Å². The molecule has 0 radical (unpaired) electrons. The van der Waals surface area contributed by atoms with Crippen LogP contribution in [-0.2, 0) is 23.1 Å². The molecule has 2 heterocycles. The van der Waals surface area contributed by atoms with E-state index in [0.717, 1.165) is 53.7 Å². The van der Waals surface area contributed by atoms with E-state index in [1.54, 1.807) is 11.3 Å². The van der Waals surface area contributed by atoms with Crippen LogP contribution in [0.5, 0.6) is 0 Å². The summed E-state index contributed by atoms with van der Waals surface area (Å²) in [5.41, 5.74) is 0.808. The molecule has 53 heavy (non-hydrogen) atoms. The van der Waals surface area contributed by atoms with Gasteiger partial charge in [-0.05, 0) is 108 Å². The first-order chi connectivity index (χ1) is 24.2. The van der Waals surface area contributed by atoms with Crippen LogP contribution in [0, 0.1) is 24.2 Å². The van der Waals surface area contributed by atoms with E-state index in [2.05, 4.69) is 93.4 Å². The summed E-state index contributed by atoms with van der Waals surface area (Å²) in [5, 5.41) is 14.8. The van der Waals surface area contributed by atoms with Gasteiger partial charge in [0.15, 0.2) is 22.4 Å². The van der Waals surface area contributed by atoms with Crippen LogP contribution in [0.15, 0.2) is 23.6 Å². The van der Waals surface area contributed by atoms with Crippen LogP contribution in [0.2, 0.25) is 36.3 Å². The number of rotatable bonds is 22. The summed E-state index contributed by atoms with van der Waals surface area (Å²) in [7, 11) is -4.10. The first-order valence-electron chi connectivity index (χ1n) is 20.4. The van der Waals surface area contributed by atoms with Gasteiger partial charge in [0.2, 0.25) is 0 Å². The molecule has 0 unspecified atom stereocenters. The van der Waals surface area contributed by atoms with E-state index in [-0.39, 0.29) is 35.1 Å². The number of carbonyl (C=O) groups is 1. The maximum atomic E-state index is 14.1. The van der Waals surface area contributed by atoms with Gasteiger partial charge >= 0.3 is 0 Å². The van der Waals surface area contributed by atoms with Crippen molar-refractivity contribution in [1.82, 2.24) is 4.98 Å². The molecule has 306 valence electrons. The Bertz CT molecular complexity index is 1350. The summed E-state index contributed by atoms with van der Waals surface area (Å²) < 4.78 is 27.4. The number of aromatic nitrogens is 1. The Morgan fingerprint density at radius 1 is 1.09 bits per heavy atom. The molecule has 1 N–H and O–H groups in total. The molecular weight excluding hydrogens is 715 g/mol. The average molecular weight is 794 g/mol. The van der Waals surface area contributed by atoms with E-state index < -0.39 is 45.5 Å². The Balaban J connectivity index is 2.24. The van der Waals surface area contributed by atoms with Crippen LogP contribution in [0.1, 0.15) is 140 Å². The Morgan fingerprint density at radius 2 is 1.68 bits per heavy atom. The zero-order valence-electron chi connectivity index (χ0n) is 36.9. The van der Waals surface area contributed by atoms with Crippen molar-refractivity contribution in [3.8, 4) is 0 Å². The molecule has 0 spiro atoms. The molecule has 1 aliphatic heterocycles. The lowest BCUT2D eigenvalue weighted by Crippen LogP contribution is -2.50. The molecule has 7 atom stereocenters. The van der Waals surface area contributed by atoms with Crippen molar-refractivity contribution in [2.75, 3.05) is 0 Å². The lowest BCUT2D eigenvalue weighted by molar-refractivity contribution is -0.162. The molecule has 2 rings (SSSR count). The van der Waals surface area contributed by atoms with Crippen molar-refractivity contribution in [2.24, 2.45) is 17.3 Å². The van der Waals surface area contributed by atoms with Crippen molar-refractivity contribution >= 4 is 39.8 Å². The number of carbonyl (C=O) groups excluding carboxylic acids is 1. The zero-order chi connectivity index (χ0) is 40.8. The van der Waals surface area contributed by atoms with Gasteiger partial charge in [-0.1, -0.05) is 81.7 Å². The fourth-order valence-electron chi connectivity index (χ4n) is 7.74. The number of hydrogen-bond acceptors (Lipinski definition) is 8. The Kier molecular flexibility index (Phi) is 17.2. The molecule has 0 aliphatic carbocycles. The molecule has 1 aromatic heterocycles. The van der Waals surface area contributed by atoms with Gasteiger partial charge in [0.1, 0.15) is 5.78 Å². The van der Waals surface area contributed by atoms with Crippen LogP contribution in [0.3, 0.4) is 0 Å². The highest BCUT2D eigenvalue weighted by Crippen LogP contribution is 2.45. The fourth-order valence-corrected chi connectivity index (χ4v) is 12.6. The third-order valence-electron chi connectivity index (χ3n) is 12.8. The summed E-state index contributed by atoms with van der Waals surface area (Å²) in [6.45, 7) is 40.3. The minimum atomic E-state index is -2.13. The van der Waals surface area contributed by atoms with Crippen LogP contribution < -0.4 is 0 Å². The molecule has 0 saturated carbocycles. The van der Waals surface area contributed by atoms with Crippen LogP contribution >= 0.6 is 11.3 Å². The van der Waals surface area contributed by atoms with Gasteiger partial charge in [0, 0.05) is 23.1 Å². The zero-order valence-corrected chi connectivity index (χ0v) is 39.7. The third-order valence-corrected chi connectivity index (χ3v) is 22.7. The molecule has 1 aliphatic rings. The molecular formula is C43H79NO6SSi2. The van der Waals surface area contributed by atoms with Gasteiger partial charge in [-0.3, -0.25) is 4.79 Å². The third kappa shape index (κ3) is 12.5. The van der Waals surface area contributed by atoms with Crippen molar-refractivity contribution < 1.29 is 28.2 Å². The van der Waals surface area contributed by atoms with Crippen molar-refractivity contribution in [3.05, 3.63) is 34.3 Å². The molecule has 1 saturated heterocycles. The summed E-state index contributed by atoms with van der Waals surface area (Å²) in [6, 6.07) is 3.06. The standard InChI is InChI=1S/C43H79NO6SSi2/c1-19-24-36(49-53(20-2,21-3)22-4)41(12,13)39(46)32(7)38(45)30(5)25-23-26-43(16)37(47-42(14,15)50-43)28-35(48-52(17,18)40(9,10)11)31(6)27-34-29-51-33(8)44-34/h19,27,29-30,32,35-38,45H,1,20-26,28H2,2-18H3/b31-27+/t30-,32+,35-,36-,37+,38-,43+/m0/s1. The monoisotopic (exact) mass is 794 g/mol. The number of nitrogens with zero attached hydrogens (tertiary/aromatic N) is 1. The lowest BCUT2D eigenvalue weighted by Gasteiger charge is -2.42. The highest BCUT2D eigenvalue weighted by molar-refractivity contribution is 7.09. The second-order valence-electron chi connectivity index (χ2n) is 18.8. The molecule has 10 heteroatoms. The van der Waals surface area contributed by atoms with E-state index in [0.29, 0.717) is 12.8 Å². The fraction of sp³-hybridized carbons (Fsp3) is 0.814. The number of ketones is 1. The second-order valence-corrected chi connectivity index (χ2v) is 29.4. The van der Waals surface area contributed by atoms with Crippen molar-refractivity contribution in [1.29, 1.82) is 0 Å². The summed E-state index contributed by atoms with van der Waals surface area (Å²) in [6.07, 6.45) is 6.32. The minimum absolute atomic E-state index is 0.0511. The van der Waals surface area contributed by atoms with E-state index in [9.17, 15) is 9.90 Å². The number of aryl methyl sites for hydroxylation is 1. The molecule has 0 aromatic carbocycles. The highest BCUT2D eigenvalue weighted by atomic mass is 32.1. The number of aliphatic hydroxyl groups is 1. The Labute approximate surface area is 331 Å². The van der Waals surface area contributed by atoms with Crippen LogP contribution in [-0.4, -0.2) is 68.3 Å². The molecule has 0 bridgehead atoms. The smallest absolute Gasteiger partial charge is 0.192 e. The van der Waals surface area contributed by atoms with Gasteiger partial charge < -0.3 is 23.4 Å². The van der Waals surface area contributed by atoms with E-state index in [4.69, 9.17) is 23.3 Å². The summed E-state index contributed by atoms with van der Waals surface area (Å²) in [4.78, 5) is 18.9. The van der Waals surface area contributed by atoms with Crippen molar-refractivity contribution in [2.45, 2.75) is 208 Å². The Hall–Kier alpha value is -0.986. The van der Waals surface area contributed by atoms with Crippen molar-refractivity contribution in [3.63, 3.8) is 0 Å². The molecule has 1 aromatic rings. The van der Waals surface area contributed by atoms with Gasteiger partial charge in [0.25, 0.3) is 0 Å². The Morgan fingerprint density at radius 3 is 2.17 bits per heavy atom. The number of thiazole rings is 1. The first kappa shape index (κ1) is 48.2. The predicted molar refractivity (Wildman–Crippen MR) is 229 cm³/mol. The highest BCUT2D eigenvalue weighted by Gasteiger charge is 2.52. The lowest BCUT2D eigenvalue weighted by atomic mass is 9.73. The largest absolute Gasteiger partial charge is 0.413 e. The van der Waals surface area contributed by atoms with E-state index >= 15 is 0 Å². The van der Waals surface area contributed by atoms with Crippen LogP contribution in [0.25, 0.3) is 6.08 Å². The van der Waals surface area contributed by atoms with E-state index in [1.807, 2.05) is 47.6 Å². The molecule has 1 fully saturated rings. The average Bonchev–Trinajstić information content (AvgIpc) is 3.57. The maximum absolute atomic E-state index is 14.1. The van der Waals surface area contributed by atoms with Gasteiger partial charge in [-0.25, -0.2) is 4.98 Å². The normalized spacial score (nSPS) is 23.1. The quantitative estimate of drug-likeness (QED) is 0.0924. The summed E-state index contributed by atoms with van der Waals surface area (Å²) in [5.74, 6) is -1.27. The minimum Gasteiger partial charge on any atom is -0.413 e. The van der Waals surface area contributed by atoms with Crippen LogP contribution in [0.4, 0.5) is 0 Å². The number of ether oxygens (including phenoxy) is 2. The topological polar surface area (TPSA) is 87.1 Å². The number of hydrogen-bond donors (Lipinski definition) is 1. The molecule has 0 amide bonds. The SMILES string of the molecule is C=CC[C@H](O[Si](CC)(CC)CC)C(C)(C)C(=O)[C@H](C)[C@@H](O)[C@@H](C)CCC[C@@]1(C)OC(C)(C)O[C@@H]1C[C@H](O[Si](C)(C)C(C)(C)C)/C(C)=C/c1csc(C)n1. The predicted octanol–water partition coefficient (Wildman–Crippen LogP) is 11.9. The number of Topliss-reactive ketones (excluding diaryl/α,β-unsaturated/α-hetero) is 1. The first-order valence-corrected chi connectivity index (χ1v) is 26.7.